The zero-order valence-corrected chi connectivity index (χ0v) is 12.2. The molecular formula is C15H15ClFN3O. The summed E-state index contributed by atoms with van der Waals surface area (Å²) < 4.78 is 13.0. The van der Waals surface area contributed by atoms with Crippen molar-refractivity contribution in [2.45, 2.75) is 6.92 Å². The van der Waals surface area contributed by atoms with E-state index < -0.39 is 0 Å². The molecule has 0 saturated carbocycles. The van der Waals surface area contributed by atoms with Gasteiger partial charge in [-0.2, -0.15) is 0 Å². The molecule has 0 bridgehead atoms. The number of nitrogens with zero attached hydrogens (tertiary/aromatic N) is 2. The van der Waals surface area contributed by atoms with Gasteiger partial charge in [0.1, 0.15) is 5.82 Å². The molecule has 0 fully saturated rings. The first-order chi connectivity index (χ1) is 10.1. The molecule has 2 rings (SSSR count). The summed E-state index contributed by atoms with van der Waals surface area (Å²) in [5.41, 5.74) is 7.66. The van der Waals surface area contributed by atoms with Gasteiger partial charge in [-0.1, -0.05) is 16.8 Å². The molecule has 0 aliphatic carbocycles. The fourth-order valence-electron chi connectivity index (χ4n) is 2.06. The molecule has 0 aromatic heterocycles. The van der Waals surface area contributed by atoms with Crippen molar-refractivity contribution in [2.24, 2.45) is 10.9 Å². The minimum atomic E-state index is -0.289. The molecule has 6 heteroatoms. The summed E-state index contributed by atoms with van der Waals surface area (Å²) in [6, 6.07) is 11.3. The SMILES string of the molecule is CCN(c1ccc(F)cc1)c1ccc(C(N)=NO)cc1Cl. The maximum absolute atomic E-state index is 13.0. The number of halogens is 2. The Morgan fingerprint density at radius 3 is 2.48 bits per heavy atom. The van der Waals surface area contributed by atoms with Gasteiger partial charge in [0.25, 0.3) is 0 Å². The summed E-state index contributed by atoms with van der Waals surface area (Å²) >= 11 is 6.28. The van der Waals surface area contributed by atoms with Gasteiger partial charge in [-0.25, -0.2) is 4.39 Å². The summed E-state index contributed by atoms with van der Waals surface area (Å²) in [5, 5.41) is 12.1. The maximum Gasteiger partial charge on any atom is 0.170 e. The van der Waals surface area contributed by atoms with Crippen LogP contribution in [0.2, 0.25) is 5.02 Å². The van der Waals surface area contributed by atoms with Gasteiger partial charge in [-0.15, -0.1) is 0 Å². The van der Waals surface area contributed by atoms with E-state index in [4.69, 9.17) is 22.5 Å². The first kappa shape index (κ1) is 15.1. The van der Waals surface area contributed by atoms with Gasteiger partial charge in [0, 0.05) is 17.8 Å². The zero-order chi connectivity index (χ0) is 15.4. The fraction of sp³-hybridized carbons (Fsp3) is 0.133. The minimum Gasteiger partial charge on any atom is -0.409 e. The summed E-state index contributed by atoms with van der Waals surface area (Å²) in [7, 11) is 0. The normalized spacial score (nSPS) is 11.5. The third-order valence-electron chi connectivity index (χ3n) is 3.10. The van der Waals surface area contributed by atoms with Crippen molar-refractivity contribution >= 4 is 28.8 Å². The summed E-state index contributed by atoms with van der Waals surface area (Å²) in [4.78, 5) is 1.94. The van der Waals surface area contributed by atoms with E-state index in [1.807, 2.05) is 11.8 Å². The van der Waals surface area contributed by atoms with Crippen LogP contribution in [0.3, 0.4) is 0 Å². The third-order valence-corrected chi connectivity index (χ3v) is 3.40. The van der Waals surface area contributed by atoms with Gasteiger partial charge in [-0.3, -0.25) is 0 Å². The second-order valence-corrected chi connectivity index (χ2v) is 4.78. The first-order valence-corrected chi connectivity index (χ1v) is 6.75. The van der Waals surface area contributed by atoms with E-state index in [9.17, 15) is 4.39 Å². The molecule has 0 heterocycles. The first-order valence-electron chi connectivity index (χ1n) is 6.37. The van der Waals surface area contributed by atoms with Crippen LogP contribution in [0.15, 0.2) is 47.6 Å². The van der Waals surface area contributed by atoms with Crippen LogP contribution in [0.25, 0.3) is 0 Å². The molecule has 0 aliphatic rings. The molecule has 0 amide bonds. The minimum absolute atomic E-state index is 0.00622. The Morgan fingerprint density at radius 2 is 1.95 bits per heavy atom. The van der Waals surface area contributed by atoms with Gasteiger partial charge < -0.3 is 15.8 Å². The molecule has 0 atom stereocenters. The Kier molecular flexibility index (Phi) is 4.65. The molecule has 21 heavy (non-hydrogen) atoms. The van der Waals surface area contributed by atoms with E-state index in [0.717, 1.165) is 11.4 Å². The summed E-state index contributed by atoms with van der Waals surface area (Å²) in [6.07, 6.45) is 0. The van der Waals surface area contributed by atoms with Crippen molar-refractivity contribution in [3.63, 3.8) is 0 Å². The maximum atomic E-state index is 13.0. The van der Waals surface area contributed by atoms with E-state index >= 15 is 0 Å². The van der Waals surface area contributed by atoms with Crippen molar-refractivity contribution in [3.8, 4) is 0 Å². The highest BCUT2D eigenvalue weighted by Gasteiger charge is 2.12. The molecule has 3 N–H and O–H groups in total. The number of anilines is 2. The highest BCUT2D eigenvalue weighted by Crippen LogP contribution is 2.32. The van der Waals surface area contributed by atoms with Crippen molar-refractivity contribution in [1.82, 2.24) is 0 Å². The number of amidine groups is 1. The predicted molar refractivity (Wildman–Crippen MR) is 83.0 cm³/mol. The molecular weight excluding hydrogens is 293 g/mol. The lowest BCUT2D eigenvalue weighted by atomic mass is 10.1. The van der Waals surface area contributed by atoms with Crippen LogP contribution in [-0.2, 0) is 0 Å². The number of hydrogen-bond acceptors (Lipinski definition) is 3. The largest absolute Gasteiger partial charge is 0.409 e. The lowest BCUT2D eigenvalue weighted by Gasteiger charge is -2.24. The standard InChI is InChI=1S/C15H15ClFN3O/c1-2-20(12-6-4-11(17)5-7-12)14-8-3-10(9-13(14)16)15(18)19-21/h3-9,21H,2H2,1H3,(H2,18,19). The van der Waals surface area contributed by atoms with Gasteiger partial charge in [0.05, 0.1) is 10.7 Å². The fourth-order valence-corrected chi connectivity index (χ4v) is 2.34. The molecule has 2 aromatic carbocycles. The molecule has 0 aliphatic heterocycles. The zero-order valence-electron chi connectivity index (χ0n) is 11.4. The lowest BCUT2D eigenvalue weighted by molar-refractivity contribution is 0.318. The van der Waals surface area contributed by atoms with Crippen LogP contribution >= 0.6 is 11.6 Å². The van der Waals surface area contributed by atoms with Crippen LogP contribution in [0, 0.1) is 5.82 Å². The van der Waals surface area contributed by atoms with Crippen molar-refractivity contribution in [2.75, 3.05) is 11.4 Å². The molecule has 110 valence electrons. The van der Waals surface area contributed by atoms with E-state index in [1.54, 1.807) is 30.3 Å². The van der Waals surface area contributed by atoms with Gasteiger partial charge in [0.2, 0.25) is 0 Å². The second kappa shape index (κ2) is 6.45. The van der Waals surface area contributed by atoms with Crippen LogP contribution in [0.5, 0.6) is 0 Å². The van der Waals surface area contributed by atoms with Crippen LogP contribution in [0.1, 0.15) is 12.5 Å². The number of benzene rings is 2. The van der Waals surface area contributed by atoms with Crippen molar-refractivity contribution < 1.29 is 9.60 Å². The highest BCUT2D eigenvalue weighted by atomic mass is 35.5. The van der Waals surface area contributed by atoms with Crippen LogP contribution in [-0.4, -0.2) is 17.6 Å². The van der Waals surface area contributed by atoms with E-state index in [1.165, 1.54) is 12.1 Å². The van der Waals surface area contributed by atoms with E-state index in [-0.39, 0.29) is 11.7 Å². The Balaban J connectivity index is 2.41. The Morgan fingerprint density at radius 1 is 1.29 bits per heavy atom. The molecule has 0 radical (unpaired) electrons. The van der Waals surface area contributed by atoms with Gasteiger partial charge >= 0.3 is 0 Å². The van der Waals surface area contributed by atoms with E-state index in [2.05, 4.69) is 5.16 Å². The molecule has 0 spiro atoms. The molecule has 0 saturated heterocycles. The Labute approximate surface area is 127 Å². The Bertz CT molecular complexity index is 658. The highest BCUT2D eigenvalue weighted by molar-refractivity contribution is 6.33. The lowest BCUT2D eigenvalue weighted by Crippen LogP contribution is -2.18. The molecule has 2 aromatic rings. The topological polar surface area (TPSA) is 61.8 Å². The average Bonchev–Trinajstić information content (AvgIpc) is 2.50. The summed E-state index contributed by atoms with van der Waals surface area (Å²) in [5.74, 6) is -0.295. The summed E-state index contributed by atoms with van der Waals surface area (Å²) in [6.45, 7) is 2.63. The van der Waals surface area contributed by atoms with Gasteiger partial charge in [-0.05, 0) is 49.4 Å². The molecule has 0 unspecified atom stereocenters. The van der Waals surface area contributed by atoms with E-state index in [0.29, 0.717) is 17.1 Å². The van der Waals surface area contributed by atoms with Gasteiger partial charge in [0.15, 0.2) is 5.84 Å². The van der Waals surface area contributed by atoms with Crippen LogP contribution < -0.4 is 10.6 Å². The Hall–Kier alpha value is -2.27. The third kappa shape index (κ3) is 3.25. The average molecular weight is 308 g/mol. The smallest absolute Gasteiger partial charge is 0.170 e. The number of oxime groups is 1. The second-order valence-electron chi connectivity index (χ2n) is 4.37. The monoisotopic (exact) mass is 307 g/mol. The van der Waals surface area contributed by atoms with Crippen molar-refractivity contribution in [1.29, 1.82) is 0 Å². The quantitative estimate of drug-likeness (QED) is 0.391. The number of nitrogens with two attached hydrogens (primary N) is 1. The van der Waals surface area contributed by atoms with Crippen molar-refractivity contribution in [3.05, 3.63) is 58.9 Å². The number of rotatable bonds is 4. The predicted octanol–water partition coefficient (Wildman–Crippen LogP) is 3.73. The van der Waals surface area contributed by atoms with Crippen LogP contribution in [0.4, 0.5) is 15.8 Å². The molecule has 4 nitrogen and oxygen atoms in total. The number of hydrogen-bond donors (Lipinski definition) is 2.